The van der Waals surface area contributed by atoms with Crippen LogP contribution in [0, 0.1) is 14.9 Å². The first-order valence-electron chi connectivity index (χ1n) is 6.55. The molecule has 0 nitrogen and oxygen atoms in total. The quantitative estimate of drug-likeness (QED) is 0.306. The smallest absolute Gasteiger partial charge is 0 e. The third-order valence-electron chi connectivity index (χ3n) is 3.32. The van der Waals surface area contributed by atoms with Crippen LogP contribution in [0.5, 0.6) is 0 Å². The van der Waals surface area contributed by atoms with Crippen LogP contribution in [0.2, 0.25) is 0 Å². The molecule has 1 heteroatoms. The summed E-state index contributed by atoms with van der Waals surface area (Å²) in [5, 5.41) is 2.85. The summed E-state index contributed by atoms with van der Waals surface area (Å²) in [7, 11) is 0. The molecule has 0 aliphatic carbocycles. The van der Waals surface area contributed by atoms with E-state index in [4.69, 9.17) is 0 Å². The van der Waals surface area contributed by atoms with Crippen LogP contribution in [0.3, 0.4) is 0 Å². The molecule has 0 aromatic heterocycles. The summed E-state index contributed by atoms with van der Waals surface area (Å²) in [6.45, 7) is 2.27. The molecule has 0 saturated heterocycles. The first-order valence-corrected chi connectivity index (χ1v) is 6.55. The van der Waals surface area contributed by atoms with E-state index in [0.29, 0.717) is 0 Å². The van der Waals surface area contributed by atoms with Crippen molar-refractivity contribution >= 4 is 10.8 Å². The van der Waals surface area contributed by atoms with Gasteiger partial charge in [-0.1, -0.05) is 51.5 Å². The Kier molecular flexibility index (Phi) is 12.7. The van der Waals surface area contributed by atoms with E-state index in [9.17, 15) is 0 Å². The van der Waals surface area contributed by atoms with Gasteiger partial charge in [0.15, 0.2) is 0 Å². The van der Waals surface area contributed by atoms with Crippen LogP contribution in [0.1, 0.15) is 44.6 Å². The van der Waals surface area contributed by atoms with Gasteiger partial charge in [-0.2, -0.15) is 6.07 Å². The maximum atomic E-state index is 2.30. The molecule has 0 fully saturated rings. The first-order chi connectivity index (χ1) is 7.92. The predicted molar refractivity (Wildman–Crippen MR) is 84.8 cm³/mol. The summed E-state index contributed by atoms with van der Waals surface area (Å²) < 4.78 is 0. The second-order valence-electron chi connectivity index (χ2n) is 4.61. The van der Waals surface area contributed by atoms with Gasteiger partial charge in [-0.3, -0.25) is 0 Å². The van der Waals surface area contributed by atoms with Crippen LogP contribution < -0.4 is 0 Å². The van der Waals surface area contributed by atoms with E-state index < -0.39 is 0 Å². The minimum absolute atomic E-state index is 0. The van der Waals surface area contributed by atoms with Gasteiger partial charge in [0.1, 0.15) is 0 Å². The molecular weight excluding hydrogens is 395 g/mol. The van der Waals surface area contributed by atoms with Crippen LogP contribution in [0.4, 0.5) is 0 Å². The number of rotatable bonds is 6. The molecule has 0 radical (unpaired) electrons. The van der Waals surface area contributed by atoms with Gasteiger partial charge >= 0.3 is 0 Å². The molecule has 0 bridgehead atoms. The maximum Gasteiger partial charge on any atom is 0 e. The van der Waals surface area contributed by atoms with E-state index >= 15 is 0 Å². The fourth-order valence-electron chi connectivity index (χ4n) is 2.35. The molecule has 0 aliphatic rings. The molecule has 0 aliphatic heterocycles. The fourth-order valence-corrected chi connectivity index (χ4v) is 2.35. The molecule has 0 spiro atoms. The Morgan fingerprint density at radius 1 is 0.895 bits per heavy atom. The van der Waals surface area contributed by atoms with Crippen molar-refractivity contribution in [3.63, 3.8) is 0 Å². The second kappa shape index (κ2) is 11.5. The van der Waals surface area contributed by atoms with Gasteiger partial charge in [-0.15, -0.1) is 40.6 Å². The molecule has 0 unspecified atom stereocenters. The summed E-state index contributed by atoms with van der Waals surface area (Å²) >= 11 is 0. The van der Waals surface area contributed by atoms with E-state index in [1.54, 1.807) is 0 Å². The van der Waals surface area contributed by atoms with Crippen LogP contribution >= 0.6 is 0 Å². The minimum atomic E-state index is 0. The van der Waals surface area contributed by atoms with Crippen molar-refractivity contribution in [2.24, 2.45) is 0 Å². The first kappa shape index (κ1) is 21.0. The van der Waals surface area contributed by atoms with Gasteiger partial charge < -0.3 is 14.9 Å². The minimum Gasteiger partial charge on any atom is -0.358 e. The number of fused-ring (bicyclic) bond motifs is 1. The number of hydrogen-bond acceptors (Lipinski definition) is 0. The van der Waals surface area contributed by atoms with Gasteiger partial charge in [0, 0.05) is 25.8 Å². The Bertz CT molecular complexity index is 428. The van der Waals surface area contributed by atoms with Crippen molar-refractivity contribution in [2.75, 3.05) is 0 Å². The fraction of sp³-hybridized carbons (Fsp3) is 0.389. The maximum absolute atomic E-state index is 2.30. The summed E-state index contributed by atoms with van der Waals surface area (Å²) in [6.07, 6.45) is 8.09. The Hall–Kier alpha value is -0.300. The molecule has 0 saturated carbocycles. The van der Waals surface area contributed by atoms with E-state index in [1.807, 2.05) is 0 Å². The van der Waals surface area contributed by atoms with Crippen molar-refractivity contribution in [1.29, 1.82) is 0 Å². The molecule has 2 aromatic carbocycles. The molecule has 2 rings (SSSR count). The Morgan fingerprint density at radius 3 is 2.32 bits per heavy atom. The normalized spacial score (nSPS) is 9.32. The van der Waals surface area contributed by atoms with Crippen molar-refractivity contribution in [3.8, 4) is 0 Å². The summed E-state index contributed by atoms with van der Waals surface area (Å²) in [4.78, 5) is 0. The van der Waals surface area contributed by atoms with Crippen LogP contribution in [-0.4, -0.2) is 0 Å². The number of hydrogen-bond donors (Lipinski definition) is 0. The molecule has 0 heterocycles. The zero-order valence-corrected chi connectivity index (χ0v) is 16.3. The summed E-state index contributed by atoms with van der Waals surface area (Å²) in [6, 6.07) is 13.3. The van der Waals surface area contributed by atoms with Crippen molar-refractivity contribution in [1.82, 2.24) is 0 Å². The van der Waals surface area contributed by atoms with Gasteiger partial charge in [-0.05, 0) is 0 Å². The molecule has 2 aromatic rings. The molecular formula is C18H27Hf-3. The van der Waals surface area contributed by atoms with Gasteiger partial charge in [0.05, 0.1) is 0 Å². The topological polar surface area (TPSA) is 0 Å². The van der Waals surface area contributed by atoms with Crippen LogP contribution in [0.15, 0.2) is 36.4 Å². The van der Waals surface area contributed by atoms with E-state index in [0.717, 1.165) is 0 Å². The summed E-state index contributed by atoms with van der Waals surface area (Å²) in [5.41, 5.74) is 1.53. The van der Waals surface area contributed by atoms with E-state index in [2.05, 4.69) is 43.3 Å². The summed E-state index contributed by atoms with van der Waals surface area (Å²) in [5.74, 6) is 0. The largest absolute Gasteiger partial charge is 0.358 e. The third kappa shape index (κ3) is 6.12. The van der Waals surface area contributed by atoms with Crippen molar-refractivity contribution < 1.29 is 25.8 Å². The third-order valence-corrected chi connectivity index (χ3v) is 3.32. The van der Waals surface area contributed by atoms with Crippen molar-refractivity contribution in [3.05, 3.63) is 56.8 Å². The van der Waals surface area contributed by atoms with E-state index in [-0.39, 0.29) is 40.7 Å². The van der Waals surface area contributed by atoms with Gasteiger partial charge in [-0.25, -0.2) is 0 Å². The van der Waals surface area contributed by atoms with Crippen LogP contribution in [-0.2, 0) is 32.3 Å². The average Bonchev–Trinajstić information content (AvgIpc) is 2.73. The van der Waals surface area contributed by atoms with Crippen molar-refractivity contribution in [2.45, 2.75) is 45.4 Å². The van der Waals surface area contributed by atoms with Gasteiger partial charge in [0.2, 0.25) is 0 Å². The Labute approximate surface area is 138 Å². The van der Waals surface area contributed by atoms with E-state index in [1.165, 1.54) is 54.9 Å². The standard InChI is InChI=1S/C16H21.2CH3.Hf/c1-2-3-4-5-6-9-14-12-13-15-10-7-8-11-16(14)15;;;/h7-8,10-13H,2-6,9H2,1H3;2*1H3;/q3*-1;. The molecule has 0 atom stereocenters. The van der Waals surface area contributed by atoms with Crippen LogP contribution in [0.25, 0.3) is 10.8 Å². The Balaban J connectivity index is 0. The molecule has 0 amide bonds. The number of unbranched alkanes of at least 4 members (excludes halogenated alkanes) is 4. The molecule has 0 N–H and O–H groups in total. The van der Waals surface area contributed by atoms with Gasteiger partial charge in [0.25, 0.3) is 0 Å². The zero-order valence-electron chi connectivity index (χ0n) is 12.7. The predicted octanol–water partition coefficient (Wildman–Crippen LogP) is 5.97. The second-order valence-corrected chi connectivity index (χ2v) is 4.61. The SMILES string of the molecule is CCCCCCC[c-]1ccc2ccccc21.[CH3-].[CH3-].[Hf]. The Morgan fingerprint density at radius 2 is 1.58 bits per heavy atom. The molecule has 106 valence electrons. The monoisotopic (exact) mass is 423 g/mol. The molecule has 19 heavy (non-hydrogen) atoms. The zero-order chi connectivity index (χ0) is 11.2. The average molecular weight is 422 g/mol. The number of benzene rings is 1. The number of aryl methyl sites for hydroxylation is 1.